The zero-order chi connectivity index (χ0) is 22.2. The number of para-hydroxylation sites is 1. The van der Waals surface area contributed by atoms with Crippen LogP contribution in [0.25, 0.3) is 22.3 Å². The van der Waals surface area contributed by atoms with Gasteiger partial charge < -0.3 is 14.8 Å². The maximum absolute atomic E-state index is 12.9. The highest BCUT2D eigenvalue weighted by Gasteiger charge is 2.39. The largest absolute Gasteiger partial charge is 0.361 e. The summed E-state index contributed by atoms with van der Waals surface area (Å²) >= 11 is 0. The van der Waals surface area contributed by atoms with Crippen molar-refractivity contribution in [2.75, 3.05) is 0 Å². The molecule has 162 valence electrons. The van der Waals surface area contributed by atoms with Gasteiger partial charge in [-0.1, -0.05) is 61.5 Å². The number of hydrogen-bond acceptors (Lipinski definition) is 5. The molecule has 0 bridgehead atoms. The molecule has 5 rings (SSSR count). The zero-order valence-corrected chi connectivity index (χ0v) is 17.8. The van der Waals surface area contributed by atoms with Crippen molar-refractivity contribution >= 4 is 22.8 Å². The first-order valence-corrected chi connectivity index (χ1v) is 10.6. The lowest BCUT2D eigenvalue weighted by Gasteiger charge is -2.10. The molecule has 0 aliphatic carbocycles. The van der Waals surface area contributed by atoms with Crippen molar-refractivity contribution < 1.29 is 14.1 Å². The Morgan fingerprint density at radius 2 is 1.88 bits per heavy atom. The molecule has 0 spiro atoms. The van der Waals surface area contributed by atoms with Crippen molar-refractivity contribution in [3.63, 3.8) is 0 Å². The maximum Gasteiger partial charge on any atom is 0.325 e. The number of imide groups is 1. The van der Waals surface area contributed by atoms with Crippen LogP contribution in [-0.4, -0.2) is 38.0 Å². The van der Waals surface area contributed by atoms with Crippen LogP contribution in [-0.2, 0) is 17.8 Å². The normalized spacial score (nSPS) is 16.3. The lowest BCUT2D eigenvalue weighted by Crippen LogP contribution is -2.32. The smallest absolute Gasteiger partial charge is 0.325 e. The van der Waals surface area contributed by atoms with Gasteiger partial charge in [-0.05, 0) is 23.1 Å². The fourth-order valence-electron chi connectivity index (χ4n) is 3.97. The van der Waals surface area contributed by atoms with Crippen molar-refractivity contribution in [1.82, 2.24) is 25.3 Å². The number of urea groups is 1. The van der Waals surface area contributed by atoms with Gasteiger partial charge in [-0.15, -0.1) is 0 Å². The summed E-state index contributed by atoms with van der Waals surface area (Å²) in [4.78, 5) is 34.1. The Bertz CT molecular complexity index is 1290. The van der Waals surface area contributed by atoms with Crippen LogP contribution in [0.15, 0.2) is 59.3 Å². The SMILES string of the molecule is CC(C)c1ccc(-c2noc(CN3C(=O)N[C@H](Cc4c[nH]c5ccccc45)C3=O)n2)cc1. The van der Waals surface area contributed by atoms with Gasteiger partial charge in [0.2, 0.25) is 11.7 Å². The maximum atomic E-state index is 12.9. The van der Waals surface area contributed by atoms with Gasteiger partial charge in [-0.25, -0.2) is 4.79 Å². The second-order valence-electron chi connectivity index (χ2n) is 8.28. The molecule has 0 saturated carbocycles. The average molecular weight is 429 g/mol. The van der Waals surface area contributed by atoms with Gasteiger partial charge in [0.25, 0.3) is 5.91 Å². The highest BCUT2D eigenvalue weighted by molar-refractivity contribution is 6.04. The van der Waals surface area contributed by atoms with Gasteiger partial charge in [0.05, 0.1) is 0 Å². The van der Waals surface area contributed by atoms with Gasteiger partial charge in [-0.3, -0.25) is 9.69 Å². The molecule has 8 nitrogen and oxygen atoms in total. The number of hydrogen-bond donors (Lipinski definition) is 2. The lowest BCUT2D eigenvalue weighted by molar-refractivity contribution is -0.128. The van der Waals surface area contributed by atoms with Crippen LogP contribution in [0.4, 0.5) is 4.79 Å². The summed E-state index contributed by atoms with van der Waals surface area (Å²) in [6.07, 6.45) is 2.28. The number of fused-ring (bicyclic) bond motifs is 1. The lowest BCUT2D eigenvalue weighted by atomic mass is 10.0. The number of amides is 3. The highest BCUT2D eigenvalue weighted by atomic mass is 16.5. The number of rotatable bonds is 6. The minimum atomic E-state index is -0.632. The van der Waals surface area contributed by atoms with Gasteiger partial charge in [0, 0.05) is 29.1 Å². The van der Waals surface area contributed by atoms with Crippen molar-refractivity contribution in [2.45, 2.75) is 38.8 Å². The number of benzene rings is 2. The molecule has 0 radical (unpaired) electrons. The third-order valence-corrected chi connectivity index (χ3v) is 5.80. The molecule has 3 heterocycles. The van der Waals surface area contributed by atoms with Crippen LogP contribution in [0.1, 0.15) is 36.8 Å². The quantitative estimate of drug-likeness (QED) is 0.451. The molecule has 2 N–H and O–H groups in total. The van der Waals surface area contributed by atoms with Crippen LogP contribution in [0.5, 0.6) is 0 Å². The second-order valence-corrected chi connectivity index (χ2v) is 8.28. The minimum Gasteiger partial charge on any atom is -0.361 e. The van der Waals surface area contributed by atoms with E-state index >= 15 is 0 Å². The molecule has 1 fully saturated rings. The van der Waals surface area contributed by atoms with E-state index in [2.05, 4.69) is 34.3 Å². The predicted molar refractivity (Wildman–Crippen MR) is 119 cm³/mol. The van der Waals surface area contributed by atoms with Crippen LogP contribution in [0.2, 0.25) is 0 Å². The third-order valence-electron chi connectivity index (χ3n) is 5.80. The van der Waals surface area contributed by atoms with Gasteiger partial charge in [0.15, 0.2) is 0 Å². The van der Waals surface area contributed by atoms with Crippen LogP contribution >= 0.6 is 0 Å². The molecule has 2 aromatic heterocycles. The third kappa shape index (κ3) is 3.64. The molecular formula is C24H23N5O3. The molecule has 1 saturated heterocycles. The minimum absolute atomic E-state index is 0.0634. The van der Waals surface area contributed by atoms with E-state index in [1.807, 2.05) is 54.7 Å². The molecule has 0 unspecified atom stereocenters. The molecule has 2 aromatic carbocycles. The van der Waals surface area contributed by atoms with Crippen molar-refractivity contribution in [3.05, 3.63) is 71.7 Å². The molecule has 1 aliphatic rings. The Hall–Kier alpha value is -3.94. The zero-order valence-electron chi connectivity index (χ0n) is 17.8. The summed E-state index contributed by atoms with van der Waals surface area (Å²) in [5, 5.41) is 7.81. The average Bonchev–Trinajstić information content (AvgIpc) is 3.49. The van der Waals surface area contributed by atoms with E-state index < -0.39 is 12.1 Å². The van der Waals surface area contributed by atoms with E-state index in [-0.39, 0.29) is 18.3 Å². The van der Waals surface area contributed by atoms with Gasteiger partial charge in [0.1, 0.15) is 12.6 Å². The Labute approximate surface area is 184 Å². The standard InChI is InChI=1S/C24H23N5O3/c1-14(2)15-7-9-16(10-8-15)22-27-21(32-28-22)13-29-23(30)20(26-24(29)31)11-17-12-25-19-6-4-3-5-18(17)19/h3-10,12,14,20,25H,11,13H2,1-2H3,(H,26,31)/t20-/m1/s1. The van der Waals surface area contributed by atoms with E-state index in [1.54, 1.807) is 0 Å². The van der Waals surface area contributed by atoms with E-state index in [4.69, 9.17) is 4.52 Å². The number of H-pyrrole nitrogens is 1. The Morgan fingerprint density at radius 1 is 1.09 bits per heavy atom. The number of nitrogens with zero attached hydrogens (tertiary/aromatic N) is 3. The Morgan fingerprint density at radius 3 is 2.66 bits per heavy atom. The molecular weight excluding hydrogens is 406 g/mol. The number of aromatic nitrogens is 3. The number of aromatic amines is 1. The first-order valence-electron chi connectivity index (χ1n) is 10.6. The first-order chi connectivity index (χ1) is 15.5. The van der Waals surface area contributed by atoms with E-state index in [9.17, 15) is 9.59 Å². The van der Waals surface area contributed by atoms with Crippen LogP contribution in [0, 0.1) is 0 Å². The Kier molecular flexibility index (Phi) is 4.97. The van der Waals surface area contributed by atoms with Gasteiger partial charge in [-0.2, -0.15) is 4.98 Å². The van der Waals surface area contributed by atoms with E-state index in [1.165, 1.54) is 5.56 Å². The Balaban J connectivity index is 1.29. The van der Waals surface area contributed by atoms with E-state index in [0.29, 0.717) is 18.2 Å². The van der Waals surface area contributed by atoms with Gasteiger partial charge >= 0.3 is 6.03 Å². The fourth-order valence-corrected chi connectivity index (χ4v) is 3.97. The molecule has 3 amide bonds. The molecule has 1 atom stereocenters. The highest BCUT2D eigenvalue weighted by Crippen LogP contribution is 2.23. The van der Waals surface area contributed by atoms with Crippen LogP contribution in [0.3, 0.4) is 0 Å². The summed E-state index contributed by atoms with van der Waals surface area (Å²) in [6, 6.07) is 14.7. The summed E-state index contributed by atoms with van der Waals surface area (Å²) in [5.41, 5.74) is 4.01. The molecule has 32 heavy (non-hydrogen) atoms. The summed E-state index contributed by atoms with van der Waals surface area (Å²) in [7, 11) is 0. The molecule has 8 heteroatoms. The number of nitrogens with one attached hydrogen (secondary N) is 2. The van der Waals surface area contributed by atoms with E-state index in [0.717, 1.165) is 26.9 Å². The molecule has 1 aliphatic heterocycles. The molecule has 4 aromatic rings. The van der Waals surface area contributed by atoms with Crippen molar-refractivity contribution in [1.29, 1.82) is 0 Å². The van der Waals surface area contributed by atoms with Crippen molar-refractivity contribution in [2.24, 2.45) is 0 Å². The first kappa shape index (κ1) is 20.0. The fraction of sp³-hybridized carbons (Fsp3) is 0.250. The summed E-state index contributed by atoms with van der Waals surface area (Å²) < 4.78 is 5.31. The van der Waals surface area contributed by atoms with Crippen LogP contribution < -0.4 is 5.32 Å². The second kappa shape index (κ2) is 7.96. The predicted octanol–water partition coefficient (Wildman–Crippen LogP) is 4.00. The monoisotopic (exact) mass is 429 g/mol. The summed E-state index contributed by atoms with van der Waals surface area (Å²) in [5.74, 6) is 0.768. The number of carbonyl (C=O) groups excluding carboxylic acids is 2. The number of carbonyl (C=O) groups is 2. The van der Waals surface area contributed by atoms with Crippen molar-refractivity contribution in [3.8, 4) is 11.4 Å². The topological polar surface area (TPSA) is 104 Å². The summed E-state index contributed by atoms with van der Waals surface area (Å²) in [6.45, 7) is 4.20.